The quantitative estimate of drug-likeness (QED) is 0.564. The number of carbonyl (C=O) groups excluding carboxylic acids is 2. The van der Waals surface area contributed by atoms with Crippen LogP contribution in [-0.4, -0.2) is 36.1 Å². The lowest BCUT2D eigenvalue weighted by atomic mass is 10.00. The third-order valence-electron chi connectivity index (χ3n) is 5.53. The van der Waals surface area contributed by atoms with Crippen LogP contribution >= 0.6 is 15.9 Å². The molecule has 2 aromatic rings. The smallest absolute Gasteiger partial charge is 0.252 e. The van der Waals surface area contributed by atoms with E-state index in [1.165, 1.54) is 16.4 Å². The van der Waals surface area contributed by atoms with Crippen LogP contribution in [0.1, 0.15) is 39.2 Å². The highest BCUT2D eigenvalue weighted by Gasteiger charge is 2.51. The summed E-state index contributed by atoms with van der Waals surface area (Å²) in [6, 6.07) is 12.2. The van der Waals surface area contributed by atoms with Gasteiger partial charge in [0.1, 0.15) is 6.04 Å². The molecule has 0 radical (unpaired) electrons. The molecule has 0 N–H and O–H groups in total. The topological polar surface area (TPSA) is 74.8 Å². The van der Waals surface area contributed by atoms with E-state index in [-0.39, 0.29) is 11.3 Å². The Balaban J connectivity index is 2.07. The summed E-state index contributed by atoms with van der Waals surface area (Å²) in [6.45, 7) is 7.29. The molecule has 1 heterocycles. The van der Waals surface area contributed by atoms with Gasteiger partial charge >= 0.3 is 0 Å². The Morgan fingerprint density at radius 2 is 1.63 bits per heavy atom. The first kappa shape index (κ1) is 22.7. The maximum atomic E-state index is 13.6. The zero-order valence-corrected chi connectivity index (χ0v) is 19.8. The van der Waals surface area contributed by atoms with Crippen molar-refractivity contribution in [2.45, 2.75) is 57.0 Å². The van der Waals surface area contributed by atoms with Gasteiger partial charge in [0.25, 0.3) is 5.91 Å². The lowest BCUT2D eigenvalue weighted by Crippen LogP contribution is -2.55. The predicted octanol–water partition coefficient (Wildman–Crippen LogP) is 4.27. The number of aryl methyl sites for hydroxylation is 1. The standard InChI is InChI=1S/C22H25BrN2O4S/c1-5-22(3,4)25(30(28,29)18-12-6-15(2)7-13-18)19-14-20(26)24(21(19)27)17-10-8-16(23)9-11-17/h6-13,19H,5,14H2,1-4H3. The second-order valence-electron chi connectivity index (χ2n) is 8.04. The number of halogens is 1. The Bertz CT molecular complexity index is 1060. The van der Waals surface area contributed by atoms with Crippen molar-refractivity contribution in [3.8, 4) is 0 Å². The Morgan fingerprint density at radius 3 is 2.17 bits per heavy atom. The Labute approximate surface area is 186 Å². The first-order valence-electron chi connectivity index (χ1n) is 9.72. The molecule has 1 unspecified atom stereocenters. The molecule has 0 saturated carbocycles. The minimum atomic E-state index is -4.01. The number of nitrogens with zero attached hydrogens (tertiary/aromatic N) is 2. The molecule has 1 saturated heterocycles. The largest absolute Gasteiger partial charge is 0.274 e. The van der Waals surface area contributed by atoms with Gasteiger partial charge in [0.05, 0.1) is 17.0 Å². The van der Waals surface area contributed by atoms with E-state index in [9.17, 15) is 18.0 Å². The zero-order valence-electron chi connectivity index (χ0n) is 17.4. The molecule has 0 spiro atoms. The maximum Gasteiger partial charge on any atom is 0.252 e. The number of carbonyl (C=O) groups is 2. The van der Waals surface area contributed by atoms with Gasteiger partial charge in [0.15, 0.2) is 0 Å². The molecule has 160 valence electrons. The molecule has 2 amide bonds. The minimum absolute atomic E-state index is 0.108. The van der Waals surface area contributed by atoms with Crippen molar-refractivity contribution >= 4 is 43.5 Å². The van der Waals surface area contributed by atoms with E-state index in [4.69, 9.17) is 0 Å². The monoisotopic (exact) mass is 492 g/mol. The maximum absolute atomic E-state index is 13.6. The van der Waals surface area contributed by atoms with Gasteiger partial charge < -0.3 is 0 Å². The fourth-order valence-corrected chi connectivity index (χ4v) is 5.81. The van der Waals surface area contributed by atoms with Crippen LogP contribution in [0.5, 0.6) is 0 Å². The lowest BCUT2D eigenvalue weighted by Gasteiger charge is -2.39. The number of rotatable bonds is 6. The highest BCUT2D eigenvalue weighted by molar-refractivity contribution is 9.10. The molecule has 1 aliphatic heterocycles. The summed E-state index contributed by atoms with van der Waals surface area (Å²) >= 11 is 3.34. The number of amides is 2. The van der Waals surface area contributed by atoms with Crippen molar-refractivity contribution in [2.24, 2.45) is 0 Å². The van der Waals surface area contributed by atoms with Crippen LogP contribution < -0.4 is 4.90 Å². The molecule has 3 rings (SSSR count). The van der Waals surface area contributed by atoms with Gasteiger partial charge in [-0.15, -0.1) is 0 Å². The second kappa shape index (κ2) is 8.24. The molecule has 0 aromatic heterocycles. The van der Waals surface area contributed by atoms with E-state index in [1.807, 2.05) is 13.8 Å². The summed E-state index contributed by atoms with van der Waals surface area (Å²) in [4.78, 5) is 27.3. The van der Waals surface area contributed by atoms with E-state index < -0.39 is 33.4 Å². The van der Waals surface area contributed by atoms with Crippen molar-refractivity contribution in [1.29, 1.82) is 0 Å². The summed E-state index contributed by atoms with van der Waals surface area (Å²) < 4.78 is 29.3. The molecule has 0 bridgehead atoms. The number of anilines is 1. The first-order valence-corrected chi connectivity index (χ1v) is 12.0. The van der Waals surface area contributed by atoms with Crippen molar-refractivity contribution < 1.29 is 18.0 Å². The van der Waals surface area contributed by atoms with Crippen LogP contribution in [-0.2, 0) is 19.6 Å². The molecule has 0 aliphatic carbocycles. The zero-order chi connectivity index (χ0) is 22.3. The third kappa shape index (κ3) is 4.08. The number of hydrogen-bond donors (Lipinski definition) is 0. The summed E-state index contributed by atoms with van der Waals surface area (Å²) in [7, 11) is -4.01. The molecule has 1 fully saturated rings. The highest BCUT2D eigenvalue weighted by Crippen LogP contribution is 2.36. The molecule has 6 nitrogen and oxygen atoms in total. The van der Waals surface area contributed by atoms with E-state index in [0.717, 1.165) is 14.9 Å². The van der Waals surface area contributed by atoms with Gasteiger partial charge in [-0.05, 0) is 63.6 Å². The van der Waals surface area contributed by atoms with Gasteiger partial charge in [-0.3, -0.25) is 9.59 Å². The van der Waals surface area contributed by atoms with Gasteiger partial charge in [0.2, 0.25) is 15.9 Å². The van der Waals surface area contributed by atoms with Crippen molar-refractivity contribution in [3.63, 3.8) is 0 Å². The fourth-order valence-electron chi connectivity index (χ4n) is 3.55. The van der Waals surface area contributed by atoms with E-state index in [0.29, 0.717) is 12.1 Å². The van der Waals surface area contributed by atoms with Gasteiger partial charge in [-0.25, -0.2) is 13.3 Å². The number of benzene rings is 2. The predicted molar refractivity (Wildman–Crippen MR) is 120 cm³/mol. The number of sulfonamides is 1. The van der Waals surface area contributed by atoms with Crippen molar-refractivity contribution in [3.05, 3.63) is 58.6 Å². The summed E-state index contributed by atoms with van der Waals surface area (Å²) in [6.07, 6.45) is 0.289. The first-order chi connectivity index (χ1) is 14.0. The van der Waals surface area contributed by atoms with Crippen LogP contribution in [0.3, 0.4) is 0 Å². The van der Waals surface area contributed by atoms with Gasteiger partial charge in [-0.2, -0.15) is 4.31 Å². The van der Waals surface area contributed by atoms with E-state index >= 15 is 0 Å². The minimum Gasteiger partial charge on any atom is -0.274 e. The summed E-state index contributed by atoms with van der Waals surface area (Å²) in [5.41, 5.74) is 0.501. The molecular weight excluding hydrogens is 468 g/mol. The Morgan fingerprint density at radius 1 is 1.07 bits per heavy atom. The van der Waals surface area contributed by atoms with E-state index in [2.05, 4.69) is 15.9 Å². The third-order valence-corrected chi connectivity index (χ3v) is 8.19. The Hall–Kier alpha value is -2.03. The van der Waals surface area contributed by atoms with Crippen LogP contribution in [0, 0.1) is 6.92 Å². The number of hydrogen-bond acceptors (Lipinski definition) is 4. The molecular formula is C22H25BrN2O4S. The molecule has 1 aliphatic rings. The molecule has 2 aromatic carbocycles. The van der Waals surface area contributed by atoms with Crippen molar-refractivity contribution in [1.82, 2.24) is 4.31 Å². The van der Waals surface area contributed by atoms with Gasteiger partial charge in [0, 0.05) is 10.0 Å². The molecule has 30 heavy (non-hydrogen) atoms. The van der Waals surface area contributed by atoms with Gasteiger partial charge in [-0.1, -0.05) is 40.5 Å². The van der Waals surface area contributed by atoms with Crippen molar-refractivity contribution in [2.75, 3.05) is 4.90 Å². The number of imide groups is 1. The Kier molecular flexibility index (Phi) is 6.23. The van der Waals surface area contributed by atoms with Crippen LogP contribution in [0.25, 0.3) is 0 Å². The van der Waals surface area contributed by atoms with Crippen LogP contribution in [0.4, 0.5) is 5.69 Å². The average molecular weight is 493 g/mol. The van der Waals surface area contributed by atoms with E-state index in [1.54, 1.807) is 50.2 Å². The lowest BCUT2D eigenvalue weighted by molar-refractivity contribution is -0.122. The summed E-state index contributed by atoms with van der Waals surface area (Å²) in [5, 5.41) is 0. The molecule has 8 heteroatoms. The normalized spacial score (nSPS) is 17.8. The SMILES string of the molecule is CCC(C)(C)N(C1CC(=O)N(c2ccc(Br)cc2)C1=O)S(=O)(=O)c1ccc(C)cc1. The molecule has 1 atom stereocenters. The second-order valence-corrected chi connectivity index (χ2v) is 10.8. The van der Waals surface area contributed by atoms with Crippen LogP contribution in [0.15, 0.2) is 57.9 Å². The van der Waals surface area contributed by atoms with Crippen LogP contribution in [0.2, 0.25) is 0 Å². The average Bonchev–Trinajstić information content (AvgIpc) is 2.96. The fraction of sp³-hybridized carbons (Fsp3) is 0.364. The summed E-state index contributed by atoms with van der Waals surface area (Å²) in [5.74, 6) is -0.942. The highest BCUT2D eigenvalue weighted by atomic mass is 79.9.